The summed E-state index contributed by atoms with van der Waals surface area (Å²) in [4.78, 5) is 22.5. The van der Waals surface area contributed by atoms with E-state index in [1.54, 1.807) is 14.2 Å². The molecule has 0 rings (SSSR count). The number of rotatable bonds is 10. The van der Waals surface area contributed by atoms with Gasteiger partial charge in [0.25, 0.3) is 0 Å². The van der Waals surface area contributed by atoms with Gasteiger partial charge in [-0.15, -0.1) is 0 Å². The van der Waals surface area contributed by atoms with Crippen molar-refractivity contribution in [1.82, 2.24) is 9.44 Å². The molecule has 0 aliphatic heterocycles. The summed E-state index contributed by atoms with van der Waals surface area (Å²) in [6.45, 7) is 1.21. The molecule has 0 aromatic rings. The van der Waals surface area contributed by atoms with E-state index in [1.165, 1.54) is 21.6 Å². The molecule has 0 radical (unpaired) electrons. The first-order chi connectivity index (χ1) is 8.72. The Labute approximate surface area is 123 Å². The fourth-order valence-electron chi connectivity index (χ4n) is 0.545. The van der Waals surface area contributed by atoms with Crippen LogP contribution in [0.25, 0.3) is 0 Å². The van der Waals surface area contributed by atoms with Crippen LogP contribution in [-0.4, -0.2) is 50.8 Å². The Morgan fingerprint density at radius 1 is 0.889 bits per heavy atom. The quantitative estimate of drug-likeness (QED) is 0.267. The first-order valence-corrected chi connectivity index (χ1v) is 9.51. The van der Waals surface area contributed by atoms with Crippen LogP contribution in [0.1, 0.15) is 0 Å². The lowest BCUT2D eigenvalue weighted by Gasteiger charge is -2.04. The third-order valence-electron chi connectivity index (χ3n) is 1.33. The van der Waals surface area contributed by atoms with Crippen molar-refractivity contribution >= 4 is 55.4 Å². The Morgan fingerprint density at radius 2 is 1.28 bits per heavy atom. The number of carbonyl (C=O) groups excluding carboxylic acids is 2. The fraction of sp³-hybridized carbons (Fsp3) is 0.750. The number of hydrogen-bond acceptors (Lipinski definition) is 8. The highest BCUT2D eigenvalue weighted by Gasteiger charge is 2.13. The molecule has 0 spiro atoms. The van der Waals surface area contributed by atoms with Gasteiger partial charge in [0, 0.05) is 47.7 Å². The average molecular weight is 332 g/mol. The van der Waals surface area contributed by atoms with E-state index in [-0.39, 0.29) is 0 Å². The smallest absolute Gasteiger partial charge is 0.320 e. The van der Waals surface area contributed by atoms with Gasteiger partial charge in [-0.3, -0.25) is 19.0 Å². The van der Waals surface area contributed by atoms with Crippen LogP contribution in [0.5, 0.6) is 0 Å². The highest BCUT2D eigenvalue weighted by atomic mass is 33.1. The second kappa shape index (κ2) is 13.7. The van der Waals surface area contributed by atoms with E-state index in [4.69, 9.17) is 9.47 Å². The summed E-state index contributed by atoms with van der Waals surface area (Å²) in [6, 6.07) is 0. The lowest BCUT2D eigenvalue weighted by molar-refractivity contribution is -0.136. The topological polar surface area (TPSA) is 76.7 Å². The first kappa shape index (κ1) is 18.3. The molecule has 0 unspecified atom stereocenters. The zero-order valence-corrected chi connectivity index (χ0v) is 13.4. The summed E-state index contributed by atoms with van der Waals surface area (Å²) >= 11 is 0. The summed E-state index contributed by atoms with van der Waals surface area (Å²) in [5, 5.41) is 0. The van der Waals surface area contributed by atoms with Gasteiger partial charge in [-0.05, 0) is 0 Å². The minimum atomic E-state index is -0.662. The molecular weight excluding hydrogens is 316 g/mol. The van der Waals surface area contributed by atoms with Gasteiger partial charge < -0.3 is 9.47 Å². The number of nitrogens with one attached hydrogen (secondary N) is 2. The Morgan fingerprint density at radius 3 is 1.61 bits per heavy atom. The van der Waals surface area contributed by atoms with Crippen molar-refractivity contribution in [2.24, 2.45) is 0 Å². The third-order valence-corrected chi connectivity index (χ3v) is 4.98. The van der Waals surface area contributed by atoms with Crippen molar-refractivity contribution in [3.63, 3.8) is 0 Å². The van der Waals surface area contributed by atoms with Crippen molar-refractivity contribution in [3.8, 4) is 0 Å². The molecule has 2 amide bonds. The predicted octanol–water partition coefficient (Wildman–Crippen LogP) is 1.10. The van der Waals surface area contributed by atoms with E-state index in [1.807, 2.05) is 0 Å². The molecule has 2 N–H and O–H groups in total. The number of hydrogen-bond donors (Lipinski definition) is 2. The van der Waals surface area contributed by atoms with Crippen LogP contribution in [-0.2, 0) is 19.1 Å². The van der Waals surface area contributed by atoms with Gasteiger partial charge in [0.05, 0.1) is 13.2 Å². The van der Waals surface area contributed by atoms with Gasteiger partial charge in [0.2, 0.25) is 0 Å². The van der Waals surface area contributed by atoms with Crippen LogP contribution in [0, 0.1) is 0 Å². The van der Waals surface area contributed by atoms with E-state index in [9.17, 15) is 9.59 Å². The predicted molar refractivity (Wildman–Crippen MR) is 80.1 cm³/mol. The Bertz CT molecular complexity index is 221. The maximum atomic E-state index is 11.3. The molecule has 0 atom stereocenters. The molecule has 0 saturated carbocycles. The maximum Gasteiger partial charge on any atom is 0.320 e. The van der Waals surface area contributed by atoms with Crippen LogP contribution < -0.4 is 9.44 Å². The second-order valence-corrected chi connectivity index (χ2v) is 7.10. The van der Waals surface area contributed by atoms with Gasteiger partial charge in [-0.2, -0.15) is 0 Å². The second-order valence-electron chi connectivity index (χ2n) is 2.66. The van der Waals surface area contributed by atoms with Crippen LogP contribution in [0.4, 0.5) is 0 Å². The largest absolute Gasteiger partial charge is 0.384 e. The molecule has 0 aliphatic carbocycles. The van der Waals surface area contributed by atoms with E-state index < -0.39 is 11.8 Å². The van der Waals surface area contributed by atoms with E-state index in [2.05, 4.69) is 9.44 Å². The summed E-state index contributed by atoms with van der Waals surface area (Å²) < 4.78 is 14.5. The summed E-state index contributed by atoms with van der Waals surface area (Å²) in [7, 11) is 8.27. The minimum Gasteiger partial charge on any atom is -0.384 e. The van der Waals surface area contributed by atoms with Gasteiger partial charge >= 0.3 is 11.8 Å². The molecule has 6 nitrogen and oxygen atoms in total. The highest BCUT2D eigenvalue weighted by molar-refractivity contribution is 8.76. The number of methoxy groups -OCH3 is 2. The van der Waals surface area contributed by atoms with Crippen molar-refractivity contribution in [1.29, 1.82) is 0 Å². The molecule has 0 saturated heterocycles. The van der Waals surface area contributed by atoms with Gasteiger partial charge in [-0.1, -0.05) is 21.6 Å². The molecular formula is C8H16N2O4S4. The third kappa shape index (κ3) is 11.4. The fourth-order valence-corrected chi connectivity index (χ4v) is 3.35. The van der Waals surface area contributed by atoms with Crippen molar-refractivity contribution in [3.05, 3.63) is 0 Å². The normalized spacial score (nSPS) is 10.1. The number of carbonyl (C=O) groups is 2. The lowest BCUT2D eigenvalue weighted by atomic mass is 10.6. The molecule has 106 valence electrons. The first-order valence-electron chi connectivity index (χ1n) is 4.87. The van der Waals surface area contributed by atoms with Gasteiger partial charge in [0.1, 0.15) is 0 Å². The maximum absolute atomic E-state index is 11.3. The molecule has 10 heteroatoms. The molecule has 18 heavy (non-hydrogen) atoms. The molecule has 0 heterocycles. The van der Waals surface area contributed by atoms with Crippen LogP contribution in [0.3, 0.4) is 0 Å². The van der Waals surface area contributed by atoms with Crippen LogP contribution >= 0.6 is 43.5 Å². The molecule has 0 aliphatic rings. The van der Waals surface area contributed by atoms with Crippen molar-refractivity contribution < 1.29 is 19.1 Å². The van der Waals surface area contributed by atoms with Crippen molar-refractivity contribution in [2.75, 3.05) is 38.9 Å². The van der Waals surface area contributed by atoms with E-state index in [0.717, 1.165) is 33.5 Å². The average Bonchev–Trinajstić information content (AvgIpc) is 2.37. The molecule has 0 bridgehead atoms. The molecule has 0 fully saturated rings. The van der Waals surface area contributed by atoms with Crippen molar-refractivity contribution in [2.45, 2.75) is 0 Å². The Hall–Kier alpha value is 0.260. The minimum absolute atomic E-state index is 0.603. The number of amides is 2. The monoisotopic (exact) mass is 332 g/mol. The summed E-state index contributed by atoms with van der Waals surface area (Å²) in [6.07, 6.45) is 0. The SMILES string of the molecule is COCCSSNC(=O)C(=O)NSSCCOC. The highest BCUT2D eigenvalue weighted by Crippen LogP contribution is 2.18. The standard InChI is InChI=1S/C8H16N2O4S4/c1-13-3-5-15-17-9-7(11)8(12)10-18-16-6-4-14-2/h3-6H2,1-2H3,(H,9,11)(H,10,12). The zero-order valence-electron chi connectivity index (χ0n) is 10.1. The summed E-state index contributed by atoms with van der Waals surface area (Å²) in [5.74, 6) is 0.157. The number of ether oxygens (including phenoxy) is 2. The molecule has 0 aromatic heterocycles. The van der Waals surface area contributed by atoms with Crippen LogP contribution in [0.2, 0.25) is 0 Å². The van der Waals surface area contributed by atoms with Crippen LogP contribution in [0.15, 0.2) is 0 Å². The van der Waals surface area contributed by atoms with Gasteiger partial charge in [0.15, 0.2) is 0 Å². The Kier molecular flexibility index (Phi) is 13.9. The zero-order chi connectivity index (χ0) is 13.6. The summed E-state index contributed by atoms with van der Waals surface area (Å²) in [5.41, 5.74) is 0. The molecule has 0 aromatic carbocycles. The Balaban J connectivity index is 3.43. The van der Waals surface area contributed by atoms with E-state index in [0.29, 0.717) is 13.2 Å². The van der Waals surface area contributed by atoms with E-state index >= 15 is 0 Å². The van der Waals surface area contributed by atoms with Gasteiger partial charge in [-0.25, -0.2) is 0 Å². The lowest BCUT2D eigenvalue weighted by Crippen LogP contribution is -2.33.